The summed E-state index contributed by atoms with van der Waals surface area (Å²) in [7, 11) is -2.92. The van der Waals surface area contributed by atoms with E-state index in [1.807, 2.05) is 13.8 Å². The van der Waals surface area contributed by atoms with Crippen molar-refractivity contribution in [3.63, 3.8) is 0 Å². The van der Waals surface area contributed by atoms with Gasteiger partial charge in [-0.2, -0.15) is 28.9 Å². The van der Waals surface area contributed by atoms with Crippen molar-refractivity contribution in [3.8, 4) is 11.5 Å². The SMILES string of the molecule is COc1cc(N=Nc2cccc(SOOO)c2)ccc1N=Nc1cc(C)c(N=Nc2c(SOOO)cc3ccc(Nc4cccc(S(=O)(=O)O)c4)cc3c2O)cc1C. The number of phenols is 1. The van der Waals surface area contributed by atoms with Crippen LogP contribution < -0.4 is 10.1 Å². The minimum absolute atomic E-state index is 0.00577. The summed E-state index contributed by atoms with van der Waals surface area (Å²) < 4.78 is 47.3. The fourth-order valence-electron chi connectivity index (χ4n) is 5.32. The maximum atomic E-state index is 11.6. The van der Waals surface area contributed by atoms with Gasteiger partial charge in [0.2, 0.25) is 0 Å². The van der Waals surface area contributed by atoms with E-state index >= 15 is 0 Å². The van der Waals surface area contributed by atoms with Gasteiger partial charge >= 0.3 is 0 Å². The Balaban J connectivity index is 1.23. The predicted molar refractivity (Wildman–Crippen MR) is 214 cm³/mol. The summed E-state index contributed by atoms with van der Waals surface area (Å²) in [4.78, 5) is 0.612. The lowest BCUT2D eigenvalue weighted by molar-refractivity contribution is -0.432. The quantitative estimate of drug-likeness (QED) is 0.0200. The standard InChI is InChI=1S/C37H31N7O11S3/c1-21-15-33(22(2)14-32(21)42-41-31-13-12-27(20-34(31)51-3)40-39-26-7-4-8-28(17-26)56-54-52-46)43-44-36-35(57-55-53-47)16-23-10-11-25(19-30(23)37(36)45)38-24-6-5-9-29(18-24)58(48,49)50/h4-20,38,45-47H,1-3H3,(H,48,49,50). The van der Waals surface area contributed by atoms with Gasteiger partial charge in [-0.3, -0.25) is 4.55 Å². The predicted octanol–water partition coefficient (Wildman–Crippen LogP) is 12.3. The van der Waals surface area contributed by atoms with E-state index in [1.54, 1.807) is 84.9 Å². The number of ether oxygens (including phenoxy) is 1. The van der Waals surface area contributed by atoms with Crippen LogP contribution in [0, 0.1) is 13.8 Å². The Hall–Kier alpha value is -5.85. The zero-order valence-electron chi connectivity index (χ0n) is 30.4. The Labute approximate surface area is 338 Å². The minimum atomic E-state index is -4.42. The van der Waals surface area contributed by atoms with Crippen molar-refractivity contribution < 1.29 is 52.1 Å². The second kappa shape index (κ2) is 19.1. The van der Waals surface area contributed by atoms with Gasteiger partial charge in [-0.25, -0.2) is 10.5 Å². The summed E-state index contributed by atoms with van der Waals surface area (Å²) in [5.41, 5.74) is 4.77. The van der Waals surface area contributed by atoms with Crippen LogP contribution in [-0.2, 0) is 28.9 Å². The zero-order chi connectivity index (χ0) is 41.2. The van der Waals surface area contributed by atoms with E-state index in [9.17, 15) is 18.1 Å². The summed E-state index contributed by atoms with van der Waals surface area (Å²) in [6, 6.07) is 27.8. The average Bonchev–Trinajstić information content (AvgIpc) is 3.21. The Bertz CT molecular complexity index is 2660. The molecule has 0 radical (unpaired) electrons. The first-order valence-corrected chi connectivity index (χ1v) is 19.5. The smallest absolute Gasteiger partial charge is 0.294 e. The maximum absolute atomic E-state index is 11.6. The van der Waals surface area contributed by atoms with Gasteiger partial charge in [0.25, 0.3) is 10.1 Å². The number of hydrogen-bond acceptors (Lipinski definition) is 19. The molecule has 6 aromatic rings. The topological polar surface area (TPSA) is 247 Å². The largest absolute Gasteiger partial charge is 0.505 e. The fourth-order valence-corrected chi connectivity index (χ4v) is 6.76. The number of aromatic hydroxyl groups is 1. The number of hydrogen-bond donors (Lipinski definition) is 5. The highest BCUT2D eigenvalue weighted by Crippen LogP contribution is 2.45. The van der Waals surface area contributed by atoms with E-state index in [2.05, 4.69) is 54.7 Å². The fraction of sp³-hybridized carbons (Fsp3) is 0.0811. The van der Waals surface area contributed by atoms with Crippen LogP contribution in [0.25, 0.3) is 10.8 Å². The second-order valence-corrected chi connectivity index (χ2v) is 14.9. The van der Waals surface area contributed by atoms with E-state index < -0.39 is 10.1 Å². The summed E-state index contributed by atoms with van der Waals surface area (Å²) in [5, 5.41) is 66.2. The molecule has 0 bridgehead atoms. The molecule has 0 fully saturated rings. The van der Waals surface area contributed by atoms with Crippen molar-refractivity contribution in [1.29, 1.82) is 0 Å². The van der Waals surface area contributed by atoms with Crippen molar-refractivity contribution in [2.24, 2.45) is 30.7 Å². The lowest BCUT2D eigenvalue weighted by Gasteiger charge is -2.12. The molecule has 0 aliphatic rings. The molecule has 0 amide bonds. The zero-order valence-corrected chi connectivity index (χ0v) is 32.8. The second-order valence-electron chi connectivity index (χ2n) is 12.0. The molecular weight excluding hydrogens is 815 g/mol. The molecule has 0 atom stereocenters. The van der Waals surface area contributed by atoms with Crippen LogP contribution in [0.1, 0.15) is 11.1 Å². The molecule has 0 unspecified atom stereocenters. The molecule has 18 nitrogen and oxygen atoms in total. The van der Waals surface area contributed by atoms with Crippen molar-refractivity contribution in [3.05, 3.63) is 114 Å². The number of nitrogens with zero attached hydrogens (tertiary/aromatic N) is 6. The third-order valence-electron chi connectivity index (χ3n) is 8.09. The first-order chi connectivity index (χ1) is 27.9. The van der Waals surface area contributed by atoms with Crippen LogP contribution in [0.2, 0.25) is 0 Å². The van der Waals surface area contributed by atoms with Crippen molar-refractivity contribution in [2.45, 2.75) is 28.5 Å². The minimum Gasteiger partial charge on any atom is -0.505 e. The van der Waals surface area contributed by atoms with Gasteiger partial charge in [-0.1, -0.05) is 28.3 Å². The van der Waals surface area contributed by atoms with Crippen LogP contribution >= 0.6 is 24.1 Å². The van der Waals surface area contributed by atoms with Gasteiger partial charge in [-0.05, 0) is 109 Å². The van der Waals surface area contributed by atoms with Gasteiger partial charge in [-0.15, -0.1) is 18.9 Å². The summed E-state index contributed by atoms with van der Waals surface area (Å²) in [5.74, 6) is 0.140. The van der Waals surface area contributed by atoms with E-state index in [1.165, 1.54) is 25.3 Å². The molecule has 0 aromatic heterocycles. The van der Waals surface area contributed by atoms with Gasteiger partial charge < -0.3 is 15.2 Å². The Kier molecular flexibility index (Phi) is 13.7. The van der Waals surface area contributed by atoms with Crippen LogP contribution in [0.15, 0.2) is 149 Å². The van der Waals surface area contributed by atoms with Gasteiger partial charge in [0.05, 0.1) is 63.7 Å². The number of nitrogens with one attached hydrogen (secondary N) is 1. The van der Waals surface area contributed by atoms with E-state index in [4.69, 9.17) is 15.3 Å². The monoisotopic (exact) mass is 845 g/mol. The van der Waals surface area contributed by atoms with Crippen molar-refractivity contribution in [1.82, 2.24) is 0 Å². The highest BCUT2D eigenvalue weighted by atomic mass is 32.2. The molecule has 0 aliphatic carbocycles. The number of aryl methyl sites for hydroxylation is 2. The molecule has 21 heteroatoms. The molecule has 6 aromatic carbocycles. The lowest BCUT2D eigenvalue weighted by Crippen LogP contribution is -1.99. The molecule has 0 heterocycles. The number of fused-ring (bicyclic) bond motifs is 1. The Morgan fingerprint density at radius 1 is 0.655 bits per heavy atom. The molecular formula is C37H31N7O11S3. The molecule has 58 heavy (non-hydrogen) atoms. The number of methoxy groups -OCH3 is 1. The summed E-state index contributed by atoms with van der Waals surface area (Å²) in [6.45, 7) is 3.63. The van der Waals surface area contributed by atoms with E-state index in [0.717, 1.165) is 12.0 Å². The van der Waals surface area contributed by atoms with Gasteiger partial charge in [0, 0.05) is 27.7 Å². The summed E-state index contributed by atoms with van der Waals surface area (Å²) >= 11 is 1.40. The maximum Gasteiger partial charge on any atom is 0.294 e. The first kappa shape index (κ1) is 41.8. The average molecular weight is 846 g/mol. The van der Waals surface area contributed by atoms with Gasteiger partial charge in [0.1, 0.15) is 17.1 Å². The highest BCUT2D eigenvalue weighted by Gasteiger charge is 2.17. The van der Waals surface area contributed by atoms with Crippen LogP contribution in [0.3, 0.4) is 0 Å². The molecule has 0 saturated heterocycles. The molecule has 0 saturated carbocycles. The Morgan fingerprint density at radius 2 is 1.31 bits per heavy atom. The highest BCUT2D eigenvalue weighted by molar-refractivity contribution is 7.95. The molecule has 6 rings (SSSR count). The van der Waals surface area contributed by atoms with Crippen molar-refractivity contribution in [2.75, 3.05) is 12.4 Å². The number of rotatable bonds is 16. The van der Waals surface area contributed by atoms with Crippen molar-refractivity contribution >= 4 is 90.5 Å². The molecule has 298 valence electrons. The van der Waals surface area contributed by atoms with Crippen LogP contribution in [0.5, 0.6) is 11.5 Å². The molecule has 5 N–H and O–H groups in total. The molecule has 0 aliphatic heterocycles. The van der Waals surface area contributed by atoms with E-state index in [0.29, 0.717) is 84.4 Å². The molecule has 0 spiro atoms. The van der Waals surface area contributed by atoms with Crippen LogP contribution in [0.4, 0.5) is 45.5 Å². The van der Waals surface area contributed by atoms with E-state index in [-0.39, 0.29) is 21.2 Å². The number of azo groups is 3. The third-order valence-corrected chi connectivity index (χ3v) is 10.1. The number of phenolic OH excluding ortho intramolecular Hbond substituents is 1. The Morgan fingerprint density at radius 3 is 2.02 bits per heavy atom. The third kappa shape index (κ3) is 10.6. The lowest BCUT2D eigenvalue weighted by atomic mass is 10.1. The summed E-state index contributed by atoms with van der Waals surface area (Å²) in [6.07, 6.45) is 0. The first-order valence-electron chi connectivity index (χ1n) is 16.5. The van der Waals surface area contributed by atoms with Gasteiger partial charge in [0.15, 0.2) is 5.75 Å². The normalized spacial score (nSPS) is 12.0. The van der Waals surface area contributed by atoms with Crippen LogP contribution in [-0.4, -0.2) is 35.7 Å². The number of anilines is 2. The number of benzene rings is 6.